The lowest BCUT2D eigenvalue weighted by Gasteiger charge is -2.31. The molecule has 0 aliphatic carbocycles. The Kier molecular flexibility index (Phi) is 3.52. The van der Waals surface area contributed by atoms with E-state index >= 15 is 0 Å². The smallest absolute Gasteiger partial charge is 0.142 e. The van der Waals surface area contributed by atoms with E-state index in [9.17, 15) is 0 Å². The van der Waals surface area contributed by atoms with Crippen molar-refractivity contribution in [2.24, 2.45) is 5.92 Å². The maximum Gasteiger partial charge on any atom is 0.142 e. The summed E-state index contributed by atoms with van der Waals surface area (Å²) in [5, 5.41) is 0.677. The Balaban J connectivity index is 2.15. The SMILES string of the molecule is CC1CCN(c2ncc(Cl)cc2Br)CC1. The van der Waals surface area contributed by atoms with Gasteiger partial charge in [-0.3, -0.25) is 0 Å². The maximum absolute atomic E-state index is 5.87. The predicted octanol–water partition coefficient (Wildman–Crippen LogP) is 3.73. The van der Waals surface area contributed by atoms with Gasteiger partial charge in [-0.1, -0.05) is 18.5 Å². The van der Waals surface area contributed by atoms with E-state index in [1.54, 1.807) is 6.20 Å². The van der Waals surface area contributed by atoms with Gasteiger partial charge >= 0.3 is 0 Å². The highest BCUT2D eigenvalue weighted by Crippen LogP contribution is 2.29. The van der Waals surface area contributed by atoms with Gasteiger partial charge in [0, 0.05) is 19.3 Å². The molecule has 0 spiro atoms. The van der Waals surface area contributed by atoms with Crippen molar-refractivity contribution in [1.82, 2.24) is 4.98 Å². The molecule has 0 N–H and O–H groups in total. The molecule has 82 valence electrons. The van der Waals surface area contributed by atoms with Crippen LogP contribution in [0.1, 0.15) is 19.8 Å². The maximum atomic E-state index is 5.87. The topological polar surface area (TPSA) is 16.1 Å². The number of hydrogen-bond donors (Lipinski definition) is 0. The Labute approximate surface area is 104 Å². The highest BCUT2D eigenvalue weighted by molar-refractivity contribution is 9.10. The van der Waals surface area contributed by atoms with Gasteiger partial charge in [-0.25, -0.2) is 4.98 Å². The van der Waals surface area contributed by atoms with Crippen LogP contribution >= 0.6 is 27.5 Å². The van der Waals surface area contributed by atoms with E-state index in [0.717, 1.165) is 29.3 Å². The van der Waals surface area contributed by atoms with Gasteiger partial charge in [-0.05, 0) is 40.8 Å². The summed E-state index contributed by atoms with van der Waals surface area (Å²) in [4.78, 5) is 6.69. The van der Waals surface area contributed by atoms with Crippen molar-refractivity contribution in [3.63, 3.8) is 0 Å². The van der Waals surface area contributed by atoms with Crippen LogP contribution < -0.4 is 4.90 Å². The first-order valence-corrected chi connectivity index (χ1v) is 6.40. The molecule has 1 fully saturated rings. The quantitative estimate of drug-likeness (QED) is 0.783. The van der Waals surface area contributed by atoms with Crippen LogP contribution in [0.2, 0.25) is 5.02 Å². The number of rotatable bonds is 1. The van der Waals surface area contributed by atoms with Gasteiger partial charge in [0.15, 0.2) is 0 Å². The molecule has 1 aromatic heterocycles. The van der Waals surface area contributed by atoms with Crippen molar-refractivity contribution >= 4 is 33.3 Å². The monoisotopic (exact) mass is 288 g/mol. The minimum atomic E-state index is 0.677. The third-order valence-corrected chi connectivity index (χ3v) is 3.66. The second kappa shape index (κ2) is 4.71. The van der Waals surface area contributed by atoms with Crippen LogP contribution in [-0.4, -0.2) is 18.1 Å². The summed E-state index contributed by atoms with van der Waals surface area (Å²) in [7, 11) is 0. The summed E-state index contributed by atoms with van der Waals surface area (Å²) in [5.74, 6) is 1.86. The first kappa shape index (κ1) is 11.2. The average Bonchev–Trinajstić information content (AvgIpc) is 2.20. The van der Waals surface area contributed by atoms with Gasteiger partial charge in [0.1, 0.15) is 5.82 Å². The van der Waals surface area contributed by atoms with Crippen LogP contribution in [0, 0.1) is 5.92 Å². The van der Waals surface area contributed by atoms with Gasteiger partial charge in [0.05, 0.1) is 9.50 Å². The number of anilines is 1. The molecule has 0 radical (unpaired) electrons. The molecule has 0 aromatic carbocycles. The molecule has 15 heavy (non-hydrogen) atoms. The molecule has 2 rings (SSSR count). The zero-order chi connectivity index (χ0) is 10.8. The molecule has 1 aliphatic rings. The Hall–Kier alpha value is -0.280. The van der Waals surface area contributed by atoms with Crippen LogP contribution in [0.4, 0.5) is 5.82 Å². The van der Waals surface area contributed by atoms with E-state index in [2.05, 4.69) is 32.7 Å². The molecule has 0 saturated carbocycles. The number of halogens is 2. The molecule has 1 aliphatic heterocycles. The lowest BCUT2D eigenvalue weighted by atomic mass is 9.99. The van der Waals surface area contributed by atoms with E-state index in [-0.39, 0.29) is 0 Å². The third kappa shape index (κ3) is 2.64. The van der Waals surface area contributed by atoms with Gasteiger partial charge < -0.3 is 4.90 Å². The van der Waals surface area contributed by atoms with Crippen molar-refractivity contribution in [3.8, 4) is 0 Å². The highest BCUT2D eigenvalue weighted by atomic mass is 79.9. The average molecular weight is 290 g/mol. The minimum absolute atomic E-state index is 0.677. The van der Waals surface area contributed by atoms with Crippen LogP contribution in [0.25, 0.3) is 0 Å². The number of pyridine rings is 1. The summed E-state index contributed by atoms with van der Waals surface area (Å²) >= 11 is 9.38. The van der Waals surface area contributed by atoms with Gasteiger partial charge in [0.25, 0.3) is 0 Å². The fourth-order valence-electron chi connectivity index (χ4n) is 1.86. The van der Waals surface area contributed by atoms with E-state index in [1.807, 2.05) is 6.07 Å². The first-order chi connectivity index (χ1) is 7.16. The van der Waals surface area contributed by atoms with Crippen molar-refractivity contribution in [2.75, 3.05) is 18.0 Å². The molecule has 0 unspecified atom stereocenters. The molecule has 0 atom stereocenters. The normalized spacial score (nSPS) is 18.2. The van der Waals surface area contributed by atoms with E-state index in [4.69, 9.17) is 11.6 Å². The summed E-state index contributed by atoms with van der Waals surface area (Å²) in [6.45, 7) is 4.49. The van der Waals surface area contributed by atoms with Gasteiger partial charge in [-0.15, -0.1) is 0 Å². The second-order valence-corrected chi connectivity index (χ2v) is 5.42. The van der Waals surface area contributed by atoms with E-state index in [0.29, 0.717) is 5.02 Å². The van der Waals surface area contributed by atoms with Gasteiger partial charge in [0.2, 0.25) is 0 Å². The summed E-state index contributed by atoms with van der Waals surface area (Å²) < 4.78 is 0.990. The minimum Gasteiger partial charge on any atom is -0.356 e. The Morgan fingerprint density at radius 3 is 2.73 bits per heavy atom. The van der Waals surface area contributed by atoms with E-state index < -0.39 is 0 Å². The number of hydrogen-bond acceptors (Lipinski definition) is 2. The lowest BCUT2D eigenvalue weighted by molar-refractivity contribution is 0.436. The Morgan fingerprint density at radius 1 is 1.47 bits per heavy atom. The molecule has 0 amide bonds. The van der Waals surface area contributed by atoms with Crippen LogP contribution in [0.5, 0.6) is 0 Å². The highest BCUT2D eigenvalue weighted by Gasteiger charge is 2.18. The molecule has 1 aromatic rings. The molecule has 1 saturated heterocycles. The number of piperidine rings is 1. The molecule has 4 heteroatoms. The zero-order valence-electron chi connectivity index (χ0n) is 8.71. The van der Waals surface area contributed by atoms with Gasteiger partial charge in [-0.2, -0.15) is 0 Å². The van der Waals surface area contributed by atoms with Crippen molar-refractivity contribution in [3.05, 3.63) is 21.8 Å². The molecule has 2 heterocycles. The molecular formula is C11H14BrClN2. The molecule has 0 bridgehead atoms. The van der Waals surface area contributed by atoms with Crippen molar-refractivity contribution in [2.45, 2.75) is 19.8 Å². The Bertz CT molecular complexity index is 348. The lowest BCUT2D eigenvalue weighted by Crippen LogP contribution is -2.33. The second-order valence-electron chi connectivity index (χ2n) is 4.13. The number of aromatic nitrogens is 1. The first-order valence-electron chi connectivity index (χ1n) is 5.23. The predicted molar refractivity (Wildman–Crippen MR) is 67.6 cm³/mol. The van der Waals surface area contributed by atoms with Crippen LogP contribution in [0.3, 0.4) is 0 Å². The van der Waals surface area contributed by atoms with E-state index in [1.165, 1.54) is 12.8 Å². The molecule has 2 nitrogen and oxygen atoms in total. The number of nitrogens with zero attached hydrogens (tertiary/aromatic N) is 2. The van der Waals surface area contributed by atoms with Crippen molar-refractivity contribution in [1.29, 1.82) is 0 Å². The zero-order valence-corrected chi connectivity index (χ0v) is 11.1. The van der Waals surface area contributed by atoms with Crippen molar-refractivity contribution < 1.29 is 0 Å². The largest absolute Gasteiger partial charge is 0.356 e. The Morgan fingerprint density at radius 2 is 2.13 bits per heavy atom. The third-order valence-electron chi connectivity index (χ3n) is 2.87. The molecular weight excluding hydrogens is 275 g/mol. The fraction of sp³-hybridized carbons (Fsp3) is 0.545. The summed E-state index contributed by atoms with van der Waals surface area (Å²) in [6, 6.07) is 1.90. The summed E-state index contributed by atoms with van der Waals surface area (Å²) in [6.07, 6.45) is 4.20. The fourth-order valence-corrected chi connectivity index (χ4v) is 2.75. The van der Waals surface area contributed by atoms with Crippen LogP contribution in [0.15, 0.2) is 16.7 Å². The van der Waals surface area contributed by atoms with Crippen LogP contribution in [-0.2, 0) is 0 Å². The summed E-state index contributed by atoms with van der Waals surface area (Å²) in [5.41, 5.74) is 0. The standard InChI is InChI=1S/C11H14BrClN2/c1-8-2-4-15(5-3-8)11-10(12)6-9(13)7-14-11/h6-8H,2-5H2,1H3.